The Morgan fingerprint density at radius 2 is 1.87 bits per heavy atom. The molecule has 3 unspecified atom stereocenters. The molecule has 2 aromatic rings. The van der Waals surface area contributed by atoms with Crippen LogP contribution in [-0.4, -0.2) is 29.3 Å². The lowest BCUT2D eigenvalue weighted by molar-refractivity contribution is -0.655. The highest BCUT2D eigenvalue weighted by Crippen LogP contribution is 2.54. The molecule has 2 aromatic carbocycles. The molecule has 0 radical (unpaired) electrons. The van der Waals surface area contributed by atoms with Gasteiger partial charge in [0, 0.05) is 24.7 Å². The van der Waals surface area contributed by atoms with Gasteiger partial charge in [-0.2, -0.15) is 5.06 Å². The van der Waals surface area contributed by atoms with Crippen LogP contribution in [0.2, 0.25) is 0 Å². The van der Waals surface area contributed by atoms with Crippen molar-refractivity contribution in [3.05, 3.63) is 75.8 Å². The molecule has 118 valence electrons. The zero-order valence-electron chi connectivity index (χ0n) is 12.6. The summed E-state index contributed by atoms with van der Waals surface area (Å²) >= 11 is 0. The minimum Gasteiger partial charge on any atom is -0.475 e. The van der Waals surface area contributed by atoms with Crippen LogP contribution < -0.4 is 4.74 Å². The fourth-order valence-electron chi connectivity index (χ4n) is 3.57. The second kappa shape index (κ2) is 5.04. The van der Waals surface area contributed by atoms with Crippen LogP contribution in [0.1, 0.15) is 23.1 Å². The second-order valence-electron chi connectivity index (χ2n) is 5.91. The summed E-state index contributed by atoms with van der Waals surface area (Å²) < 4.78 is 6.05. The van der Waals surface area contributed by atoms with E-state index in [0.29, 0.717) is 12.3 Å². The van der Waals surface area contributed by atoms with Gasteiger partial charge in [-0.15, -0.1) is 0 Å². The van der Waals surface area contributed by atoms with Gasteiger partial charge < -0.3 is 4.74 Å². The number of para-hydroxylation sites is 1. The molecule has 1 fully saturated rings. The number of hydrogen-bond acceptors (Lipinski definition) is 5. The van der Waals surface area contributed by atoms with E-state index in [2.05, 4.69) is 0 Å². The Balaban J connectivity index is 1.93. The summed E-state index contributed by atoms with van der Waals surface area (Å²) in [6.07, 6.45) is -0.802. The number of rotatable bonds is 2. The first-order valence-corrected chi connectivity index (χ1v) is 7.48. The Morgan fingerprint density at radius 1 is 1.17 bits per heavy atom. The Labute approximate surface area is 133 Å². The van der Waals surface area contributed by atoms with Crippen LogP contribution in [0.4, 0.5) is 0 Å². The van der Waals surface area contributed by atoms with E-state index in [1.165, 1.54) is 5.06 Å². The highest BCUT2D eigenvalue weighted by atomic mass is 16.8. The smallest absolute Gasteiger partial charge is 0.389 e. The van der Waals surface area contributed by atoms with Crippen molar-refractivity contribution in [2.24, 2.45) is 0 Å². The van der Waals surface area contributed by atoms with E-state index in [0.717, 1.165) is 11.1 Å². The Morgan fingerprint density at radius 3 is 2.61 bits per heavy atom. The van der Waals surface area contributed by atoms with E-state index in [9.17, 15) is 10.1 Å². The number of likely N-dealkylation sites (N-methyl/N-ethyl adjacent to an activating group) is 1. The summed E-state index contributed by atoms with van der Waals surface area (Å²) in [7, 11) is 1.72. The van der Waals surface area contributed by atoms with Crippen LogP contribution >= 0.6 is 0 Å². The zero-order chi connectivity index (χ0) is 16.0. The summed E-state index contributed by atoms with van der Waals surface area (Å²) in [5, 5.41) is 13.6. The van der Waals surface area contributed by atoms with Crippen LogP contribution in [-0.2, 0) is 4.84 Å². The standard InChI is InChI=1S/C17H16N2O4/c1-18-11-14-13-9-5-6-10-15(13)22-16(12-7-3-2-4-8-12)17(14,23-18)19(20)21/h2-10,14,16H,11H2,1H3. The topological polar surface area (TPSA) is 64.8 Å². The van der Waals surface area contributed by atoms with Gasteiger partial charge in [0.05, 0.1) is 4.92 Å². The third-order valence-corrected chi connectivity index (χ3v) is 4.54. The molecule has 0 aliphatic carbocycles. The number of hydrogen-bond donors (Lipinski definition) is 0. The van der Waals surface area contributed by atoms with Crippen molar-refractivity contribution in [3.8, 4) is 5.75 Å². The van der Waals surface area contributed by atoms with Gasteiger partial charge in [-0.1, -0.05) is 48.5 Å². The predicted octanol–water partition coefficient (Wildman–Crippen LogP) is 2.75. The number of benzene rings is 2. The molecule has 2 heterocycles. The third kappa shape index (κ3) is 1.95. The number of nitrogens with zero attached hydrogens (tertiary/aromatic N) is 2. The first-order valence-electron chi connectivity index (χ1n) is 7.48. The summed E-state index contributed by atoms with van der Waals surface area (Å²) in [6.45, 7) is 0.449. The maximum Gasteiger partial charge on any atom is 0.389 e. The van der Waals surface area contributed by atoms with Gasteiger partial charge in [0.15, 0.2) is 0 Å². The summed E-state index contributed by atoms with van der Waals surface area (Å²) in [4.78, 5) is 17.5. The maximum absolute atomic E-state index is 12.1. The van der Waals surface area contributed by atoms with E-state index in [4.69, 9.17) is 9.57 Å². The predicted molar refractivity (Wildman–Crippen MR) is 82.4 cm³/mol. The average molecular weight is 312 g/mol. The molecule has 0 N–H and O–H groups in total. The van der Waals surface area contributed by atoms with Gasteiger partial charge in [-0.3, -0.25) is 10.1 Å². The molecule has 0 bridgehead atoms. The zero-order valence-corrected chi connectivity index (χ0v) is 12.6. The van der Waals surface area contributed by atoms with Crippen molar-refractivity contribution in [2.45, 2.75) is 17.7 Å². The van der Waals surface area contributed by atoms with Crippen LogP contribution in [0.5, 0.6) is 5.75 Å². The second-order valence-corrected chi connectivity index (χ2v) is 5.91. The first kappa shape index (κ1) is 14.2. The molecule has 0 aromatic heterocycles. The summed E-state index contributed by atoms with van der Waals surface area (Å²) in [6, 6.07) is 16.7. The van der Waals surface area contributed by atoms with Crippen molar-refractivity contribution >= 4 is 0 Å². The van der Waals surface area contributed by atoms with Gasteiger partial charge in [0.25, 0.3) is 0 Å². The first-order chi connectivity index (χ1) is 11.1. The van der Waals surface area contributed by atoms with Crippen molar-refractivity contribution in [3.63, 3.8) is 0 Å². The number of hydroxylamine groups is 2. The minimum absolute atomic E-state index is 0.339. The molecule has 3 atom stereocenters. The van der Waals surface area contributed by atoms with Gasteiger partial charge in [0.2, 0.25) is 6.10 Å². The summed E-state index contributed by atoms with van der Waals surface area (Å²) in [5.74, 6) is 0.292. The lowest BCUT2D eigenvalue weighted by Crippen LogP contribution is -2.53. The molecular formula is C17H16N2O4. The quantitative estimate of drug-likeness (QED) is 0.630. The van der Waals surface area contributed by atoms with Gasteiger partial charge in [-0.05, 0) is 6.07 Å². The number of ether oxygens (including phenoxy) is 1. The van der Waals surface area contributed by atoms with Gasteiger partial charge >= 0.3 is 5.72 Å². The molecule has 1 saturated heterocycles. The molecule has 2 aliphatic rings. The maximum atomic E-state index is 12.1. The molecule has 0 spiro atoms. The fraction of sp³-hybridized carbons (Fsp3) is 0.294. The molecule has 2 aliphatic heterocycles. The van der Waals surface area contributed by atoms with Crippen molar-refractivity contribution < 1.29 is 14.5 Å². The van der Waals surface area contributed by atoms with Gasteiger partial charge in [-0.25, -0.2) is 4.84 Å². The highest BCUT2D eigenvalue weighted by molar-refractivity contribution is 5.43. The molecule has 0 amide bonds. The van der Waals surface area contributed by atoms with E-state index >= 15 is 0 Å². The van der Waals surface area contributed by atoms with E-state index in [1.807, 2.05) is 54.6 Å². The minimum atomic E-state index is -1.65. The molecular weight excluding hydrogens is 296 g/mol. The lowest BCUT2D eigenvalue weighted by Gasteiger charge is -2.37. The normalized spacial score (nSPS) is 29.4. The third-order valence-electron chi connectivity index (χ3n) is 4.54. The van der Waals surface area contributed by atoms with Crippen molar-refractivity contribution in [1.82, 2.24) is 5.06 Å². The summed E-state index contributed by atoms with van der Waals surface area (Å²) in [5.41, 5.74) is -0.0930. The van der Waals surface area contributed by atoms with E-state index < -0.39 is 17.7 Å². The fourth-order valence-corrected chi connectivity index (χ4v) is 3.57. The van der Waals surface area contributed by atoms with Crippen LogP contribution in [0.25, 0.3) is 0 Å². The van der Waals surface area contributed by atoms with E-state index in [1.54, 1.807) is 7.05 Å². The molecule has 4 rings (SSSR count). The van der Waals surface area contributed by atoms with Crippen LogP contribution in [0.15, 0.2) is 54.6 Å². The van der Waals surface area contributed by atoms with E-state index in [-0.39, 0.29) is 4.92 Å². The van der Waals surface area contributed by atoms with Gasteiger partial charge in [0.1, 0.15) is 11.7 Å². The van der Waals surface area contributed by atoms with Crippen molar-refractivity contribution in [2.75, 3.05) is 13.6 Å². The molecule has 6 heteroatoms. The average Bonchev–Trinajstić information content (AvgIpc) is 2.93. The Bertz CT molecular complexity index is 751. The molecule has 0 saturated carbocycles. The van der Waals surface area contributed by atoms with Crippen molar-refractivity contribution in [1.29, 1.82) is 0 Å². The Hall–Kier alpha value is -2.44. The monoisotopic (exact) mass is 312 g/mol. The largest absolute Gasteiger partial charge is 0.475 e. The van der Waals surface area contributed by atoms with Crippen LogP contribution in [0, 0.1) is 10.1 Å². The lowest BCUT2D eigenvalue weighted by atomic mass is 9.80. The molecule has 23 heavy (non-hydrogen) atoms. The van der Waals surface area contributed by atoms with Crippen LogP contribution in [0.3, 0.4) is 0 Å². The Kier molecular flexibility index (Phi) is 3.11. The highest BCUT2D eigenvalue weighted by Gasteiger charge is 2.68. The molecule has 6 nitrogen and oxygen atoms in total. The SMILES string of the molecule is CN1CC2c3ccccc3OC(c3ccccc3)C2([N+](=O)[O-])O1. The number of nitro groups is 1. The number of fused-ring (bicyclic) bond motifs is 3.